The highest BCUT2D eigenvalue weighted by Crippen LogP contribution is 2.47. The molecule has 3 N–H and O–H groups in total. The standard InChI is InChI=1S/C13H22N2O2/c1-17-10-5-9(6-10)15-13(16)11-7-2-3-8(4-7)12(11)14/h7-12H,2-6,14H2,1H3,(H,15,16). The summed E-state index contributed by atoms with van der Waals surface area (Å²) in [6, 6.07) is 0.422. The van der Waals surface area contributed by atoms with Crippen molar-refractivity contribution in [2.75, 3.05) is 7.11 Å². The minimum Gasteiger partial charge on any atom is -0.381 e. The van der Waals surface area contributed by atoms with Gasteiger partial charge in [-0.25, -0.2) is 0 Å². The molecule has 0 aromatic rings. The van der Waals surface area contributed by atoms with Gasteiger partial charge in [0.25, 0.3) is 0 Å². The van der Waals surface area contributed by atoms with Crippen LogP contribution in [0.4, 0.5) is 0 Å². The Morgan fingerprint density at radius 1 is 1.24 bits per heavy atom. The van der Waals surface area contributed by atoms with E-state index in [1.54, 1.807) is 7.11 Å². The third-order valence-electron chi connectivity index (χ3n) is 5.06. The van der Waals surface area contributed by atoms with Gasteiger partial charge in [-0.05, 0) is 43.9 Å². The quantitative estimate of drug-likeness (QED) is 0.759. The molecular weight excluding hydrogens is 216 g/mol. The molecule has 3 aliphatic carbocycles. The number of nitrogens with one attached hydrogen (secondary N) is 1. The Balaban J connectivity index is 1.53. The Kier molecular flexibility index (Phi) is 2.87. The summed E-state index contributed by atoms with van der Waals surface area (Å²) in [4.78, 5) is 12.2. The first-order valence-corrected chi connectivity index (χ1v) is 6.77. The molecule has 0 aromatic heterocycles. The Hall–Kier alpha value is -0.610. The van der Waals surface area contributed by atoms with Crippen LogP contribution >= 0.6 is 0 Å². The maximum absolute atomic E-state index is 12.2. The molecule has 4 heteroatoms. The summed E-state index contributed by atoms with van der Waals surface area (Å²) in [6.45, 7) is 0. The average molecular weight is 238 g/mol. The molecule has 0 radical (unpaired) electrons. The van der Waals surface area contributed by atoms with Crippen molar-refractivity contribution < 1.29 is 9.53 Å². The lowest BCUT2D eigenvalue weighted by atomic mass is 9.83. The van der Waals surface area contributed by atoms with Crippen LogP contribution < -0.4 is 11.1 Å². The Bertz CT molecular complexity index is 313. The van der Waals surface area contributed by atoms with E-state index in [1.165, 1.54) is 19.3 Å². The number of methoxy groups -OCH3 is 1. The average Bonchev–Trinajstić information content (AvgIpc) is 2.82. The fraction of sp³-hybridized carbons (Fsp3) is 0.923. The number of nitrogens with two attached hydrogens (primary N) is 1. The summed E-state index contributed by atoms with van der Waals surface area (Å²) in [5.41, 5.74) is 6.17. The number of hydrogen-bond donors (Lipinski definition) is 2. The SMILES string of the molecule is COC1CC(NC(=O)C2C3CCC(C3)C2N)C1. The van der Waals surface area contributed by atoms with E-state index in [-0.39, 0.29) is 17.9 Å². The number of ether oxygens (including phenoxy) is 1. The lowest BCUT2D eigenvalue weighted by Crippen LogP contribution is -2.53. The molecule has 96 valence electrons. The molecule has 0 saturated heterocycles. The predicted octanol–water partition coefficient (Wildman–Crippen LogP) is 0.653. The molecule has 2 bridgehead atoms. The minimum absolute atomic E-state index is 0.0790. The van der Waals surface area contributed by atoms with Gasteiger partial charge < -0.3 is 15.8 Å². The van der Waals surface area contributed by atoms with Crippen LogP contribution in [0.1, 0.15) is 32.1 Å². The third kappa shape index (κ3) is 1.87. The van der Waals surface area contributed by atoms with Crippen LogP contribution in [0.25, 0.3) is 0 Å². The number of hydrogen-bond acceptors (Lipinski definition) is 3. The first-order valence-electron chi connectivity index (χ1n) is 6.77. The summed E-state index contributed by atoms with van der Waals surface area (Å²) >= 11 is 0. The molecular formula is C13H22N2O2. The summed E-state index contributed by atoms with van der Waals surface area (Å²) in [5.74, 6) is 1.43. The van der Waals surface area contributed by atoms with E-state index in [2.05, 4.69) is 5.32 Å². The van der Waals surface area contributed by atoms with E-state index in [0.29, 0.717) is 24.0 Å². The molecule has 3 aliphatic rings. The van der Waals surface area contributed by atoms with Crippen molar-refractivity contribution in [2.45, 2.75) is 50.3 Å². The lowest BCUT2D eigenvalue weighted by molar-refractivity contribution is -0.129. The molecule has 0 aromatic carbocycles. The van der Waals surface area contributed by atoms with Crippen molar-refractivity contribution in [3.8, 4) is 0 Å². The predicted molar refractivity (Wildman–Crippen MR) is 64.3 cm³/mol. The van der Waals surface area contributed by atoms with Gasteiger partial charge in [0.2, 0.25) is 5.91 Å². The van der Waals surface area contributed by atoms with Crippen LogP contribution in [0.5, 0.6) is 0 Å². The highest BCUT2D eigenvalue weighted by Gasteiger charge is 2.49. The molecule has 3 saturated carbocycles. The zero-order valence-electron chi connectivity index (χ0n) is 10.4. The number of carbonyl (C=O) groups is 1. The normalized spacial score (nSPS) is 47.9. The minimum atomic E-state index is 0.0790. The molecule has 4 nitrogen and oxygen atoms in total. The molecule has 0 spiro atoms. The zero-order chi connectivity index (χ0) is 12.0. The second-order valence-electron chi connectivity index (χ2n) is 5.97. The summed E-state index contributed by atoms with van der Waals surface area (Å²) in [6.07, 6.45) is 5.85. The van der Waals surface area contributed by atoms with Crippen molar-refractivity contribution in [1.82, 2.24) is 5.32 Å². The van der Waals surface area contributed by atoms with E-state index in [1.807, 2.05) is 0 Å². The fourth-order valence-electron chi connectivity index (χ4n) is 3.90. The van der Waals surface area contributed by atoms with Crippen molar-refractivity contribution in [1.29, 1.82) is 0 Å². The number of fused-ring (bicyclic) bond motifs is 2. The molecule has 17 heavy (non-hydrogen) atoms. The van der Waals surface area contributed by atoms with E-state index in [4.69, 9.17) is 10.5 Å². The second kappa shape index (κ2) is 4.25. The van der Waals surface area contributed by atoms with Crippen LogP contribution in [0, 0.1) is 17.8 Å². The van der Waals surface area contributed by atoms with Crippen molar-refractivity contribution in [2.24, 2.45) is 23.5 Å². The van der Waals surface area contributed by atoms with Crippen molar-refractivity contribution >= 4 is 5.91 Å². The first-order chi connectivity index (χ1) is 8.19. The maximum Gasteiger partial charge on any atom is 0.225 e. The summed E-state index contributed by atoms with van der Waals surface area (Å²) in [7, 11) is 1.73. The molecule has 0 aliphatic heterocycles. The topological polar surface area (TPSA) is 64.3 Å². The monoisotopic (exact) mass is 238 g/mol. The van der Waals surface area contributed by atoms with Crippen molar-refractivity contribution in [3.05, 3.63) is 0 Å². The number of rotatable bonds is 3. The van der Waals surface area contributed by atoms with E-state index < -0.39 is 0 Å². The van der Waals surface area contributed by atoms with Crippen LogP contribution in [0.2, 0.25) is 0 Å². The van der Waals surface area contributed by atoms with Crippen LogP contribution in [0.15, 0.2) is 0 Å². The van der Waals surface area contributed by atoms with Gasteiger partial charge in [0, 0.05) is 19.2 Å². The largest absolute Gasteiger partial charge is 0.381 e. The fourth-order valence-corrected chi connectivity index (χ4v) is 3.90. The highest BCUT2D eigenvalue weighted by atomic mass is 16.5. The van der Waals surface area contributed by atoms with Gasteiger partial charge >= 0.3 is 0 Å². The summed E-state index contributed by atoms with van der Waals surface area (Å²) < 4.78 is 5.22. The number of carbonyl (C=O) groups excluding carboxylic acids is 1. The maximum atomic E-state index is 12.2. The Morgan fingerprint density at radius 2 is 1.94 bits per heavy atom. The zero-order valence-corrected chi connectivity index (χ0v) is 10.4. The van der Waals surface area contributed by atoms with Gasteiger partial charge in [-0.1, -0.05) is 0 Å². The lowest BCUT2D eigenvalue weighted by Gasteiger charge is -2.36. The number of amides is 1. The first kappa shape index (κ1) is 11.5. The molecule has 3 fully saturated rings. The van der Waals surface area contributed by atoms with Gasteiger partial charge in [0.1, 0.15) is 0 Å². The van der Waals surface area contributed by atoms with Gasteiger partial charge in [-0.15, -0.1) is 0 Å². The molecule has 4 unspecified atom stereocenters. The Morgan fingerprint density at radius 3 is 2.53 bits per heavy atom. The van der Waals surface area contributed by atoms with Crippen LogP contribution in [-0.4, -0.2) is 31.2 Å². The summed E-state index contributed by atoms with van der Waals surface area (Å²) in [5, 5.41) is 3.14. The highest BCUT2D eigenvalue weighted by molar-refractivity contribution is 5.80. The van der Waals surface area contributed by atoms with Crippen LogP contribution in [-0.2, 0) is 9.53 Å². The smallest absolute Gasteiger partial charge is 0.225 e. The second-order valence-corrected chi connectivity index (χ2v) is 5.97. The third-order valence-corrected chi connectivity index (χ3v) is 5.06. The van der Waals surface area contributed by atoms with Gasteiger partial charge in [-0.2, -0.15) is 0 Å². The molecule has 3 rings (SSSR count). The van der Waals surface area contributed by atoms with E-state index in [9.17, 15) is 4.79 Å². The van der Waals surface area contributed by atoms with Gasteiger partial charge in [0.15, 0.2) is 0 Å². The van der Waals surface area contributed by atoms with E-state index >= 15 is 0 Å². The van der Waals surface area contributed by atoms with Gasteiger partial charge in [0.05, 0.1) is 12.0 Å². The molecule has 4 atom stereocenters. The molecule has 0 heterocycles. The molecule has 1 amide bonds. The Labute approximate surface area is 102 Å². The van der Waals surface area contributed by atoms with Crippen molar-refractivity contribution in [3.63, 3.8) is 0 Å². The van der Waals surface area contributed by atoms with Crippen LogP contribution in [0.3, 0.4) is 0 Å². The van der Waals surface area contributed by atoms with E-state index in [0.717, 1.165) is 12.8 Å². The van der Waals surface area contributed by atoms with Gasteiger partial charge in [-0.3, -0.25) is 4.79 Å².